The number of carboxylic acids is 1. The van der Waals surface area contributed by atoms with Crippen LogP contribution in [0.3, 0.4) is 0 Å². The Hall–Kier alpha value is -1.17. The molecule has 3 N–H and O–H groups in total. The standard InChI is InChI=1S/C11H11NO2S2/c12-10(8-2-1-4-16-8)9(11(13)14)7-3-5-15-6-7/h1-6,9-10H,12H2,(H,13,14)/t9?,10-/m0/s1. The lowest BCUT2D eigenvalue weighted by molar-refractivity contribution is -0.139. The zero-order valence-electron chi connectivity index (χ0n) is 8.37. The van der Waals surface area contributed by atoms with Crippen molar-refractivity contribution in [2.75, 3.05) is 0 Å². The molecule has 2 aromatic rings. The maximum absolute atomic E-state index is 11.3. The molecule has 0 spiro atoms. The van der Waals surface area contributed by atoms with Crippen LogP contribution in [0.5, 0.6) is 0 Å². The maximum atomic E-state index is 11.3. The highest BCUT2D eigenvalue weighted by Gasteiger charge is 2.29. The second kappa shape index (κ2) is 4.78. The van der Waals surface area contributed by atoms with Crippen LogP contribution in [0.15, 0.2) is 34.3 Å². The molecule has 0 bridgehead atoms. The molecular weight excluding hydrogens is 242 g/mol. The number of rotatable bonds is 4. The van der Waals surface area contributed by atoms with Gasteiger partial charge < -0.3 is 10.8 Å². The first-order valence-electron chi connectivity index (χ1n) is 4.74. The summed E-state index contributed by atoms with van der Waals surface area (Å²) in [6.07, 6.45) is 0. The van der Waals surface area contributed by atoms with E-state index in [1.807, 2.05) is 34.3 Å². The molecule has 0 saturated carbocycles. The fourth-order valence-corrected chi connectivity index (χ4v) is 3.06. The third-order valence-electron chi connectivity index (χ3n) is 2.40. The molecule has 1 unspecified atom stereocenters. The highest BCUT2D eigenvalue weighted by Crippen LogP contribution is 2.32. The number of nitrogens with two attached hydrogens (primary N) is 1. The van der Waals surface area contributed by atoms with E-state index in [1.54, 1.807) is 0 Å². The molecule has 0 aliphatic rings. The number of hydrogen-bond donors (Lipinski definition) is 2. The van der Waals surface area contributed by atoms with Gasteiger partial charge in [0.15, 0.2) is 0 Å². The third-order valence-corrected chi connectivity index (χ3v) is 4.07. The minimum atomic E-state index is -0.876. The summed E-state index contributed by atoms with van der Waals surface area (Å²) in [4.78, 5) is 12.2. The zero-order chi connectivity index (χ0) is 11.5. The van der Waals surface area contributed by atoms with E-state index in [0.29, 0.717) is 0 Å². The van der Waals surface area contributed by atoms with Crippen molar-refractivity contribution in [1.82, 2.24) is 0 Å². The van der Waals surface area contributed by atoms with Crippen LogP contribution < -0.4 is 5.73 Å². The second-order valence-corrected chi connectivity index (χ2v) is 5.17. The molecule has 3 nitrogen and oxygen atoms in total. The van der Waals surface area contributed by atoms with Crippen LogP contribution in [0, 0.1) is 0 Å². The first-order chi connectivity index (χ1) is 7.70. The molecular formula is C11H11NO2S2. The Bertz CT molecular complexity index is 450. The number of carbonyl (C=O) groups is 1. The minimum absolute atomic E-state index is 0.480. The van der Waals surface area contributed by atoms with E-state index in [0.717, 1.165) is 10.4 Å². The summed E-state index contributed by atoms with van der Waals surface area (Å²) < 4.78 is 0. The minimum Gasteiger partial charge on any atom is -0.481 e. The van der Waals surface area contributed by atoms with Gasteiger partial charge in [0.05, 0.1) is 6.04 Å². The average Bonchev–Trinajstić information content (AvgIpc) is 2.89. The van der Waals surface area contributed by atoms with Crippen LogP contribution in [0.4, 0.5) is 0 Å². The average molecular weight is 253 g/mol. The van der Waals surface area contributed by atoms with Gasteiger partial charge in [-0.15, -0.1) is 11.3 Å². The van der Waals surface area contributed by atoms with E-state index in [4.69, 9.17) is 5.73 Å². The van der Waals surface area contributed by atoms with Gasteiger partial charge in [-0.3, -0.25) is 4.79 Å². The molecule has 0 aliphatic heterocycles. The van der Waals surface area contributed by atoms with Gasteiger partial charge in [0, 0.05) is 4.88 Å². The molecule has 2 rings (SSSR count). The molecule has 0 saturated heterocycles. The van der Waals surface area contributed by atoms with E-state index < -0.39 is 17.9 Å². The Labute approximate surface area is 101 Å². The first kappa shape index (κ1) is 11.3. The predicted molar refractivity (Wildman–Crippen MR) is 65.9 cm³/mol. The highest BCUT2D eigenvalue weighted by molar-refractivity contribution is 7.10. The Morgan fingerprint density at radius 3 is 2.69 bits per heavy atom. The topological polar surface area (TPSA) is 63.3 Å². The quantitative estimate of drug-likeness (QED) is 0.880. The highest BCUT2D eigenvalue weighted by atomic mass is 32.1. The van der Waals surface area contributed by atoms with Crippen LogP contribution in [0.2, 0.25) is 0 Å². The lowest BCUT2D eigenvalue weighted by atomic mass is 9.93. The van der Waals surface area contributed by atoms with Gasteiger partial charge in [-0.25, -0.2) is 0 Å². The molecule has 2 heterocycles. The van der Waals surface area contributed by atoms with Crippen molar-refractivity contribution in [3.05, 3.63) is 44.8 Å². The molecule has 0 amide bonds. The van der Waals surface area contributed by atoms with Gasteiger partial charge in [-0.1, -0.05) is 6.07 Å². The Balaban J connectivity index is 2.31. The summed E-state index contributed by atoms with van der Waals surface area (Å²) in [7, 11) is 0. The maximum Gasteiger partial charge on any atom is 0.312 e. The summed E-state index contributed by atoms with van der Waals surface area (Å²) in [6, 6.07) is 5.09. The molecule has 0 radical (unpaired) electrons. The molecule has 16 heavy (non-hydrogen) atoms. The smallest absolute Gasteiger partial charge is 0.312 e. The van der Waals surface area contributed by atoms with Gasteiger partial charge in [-0.2, -0.15) is 11.3 Å². The van der Waals surface area contributed by atoms with Crippen molar-refractivity contribution in [2.45, 2.75) is 12.0 Å². The van der Waals surface area contributed by atoms with Gasteiger partial charge in [-0.05, 0) is 33.8 Å². The van der Waals surface area contributed by atoms with Gasteiger partial charge in [0.1, 0.15) is 5.92 Å². The molecule has 0 aliphatic carbocycles. The Morgan fingerprint density at radius 2 is 2.19 bits per heavy atom. The number of thiophene rings is 2. The van der Waals surface area contributed by atoms with Crippen molar-refractivity contribution in [3.63, 3.8) is 0 Å². The summed E-state index contributed by atoms with van der Waals surface area (Å²) in [5.74, 6) is -1.54. The largest absolute Gasteiger partial charge is 0.481 e. The summed E-state index contributed by atoms with van der Waals surface area (Å²) in [6.45, 7) is 0. The van der Waals surface area contributed by atoms with E-state index in [-0.39, 0.29) is 0 Å². The molecule has 0 aromatic carbocycles. The predicted octanol–water partition coefficient (Wildman–Crippen LogP) is 2.68. The van der Waals surface area contributed by atoms with Crippen LogP contribution in [0.1, 0.15) is 22.4 Å². The zero-order valence-corrected chi connectivity index (χ0v) is 10.0. The van der Waals surface area contributed by atoms with Crippen LogP contribution in [-0.4, -0.2) is 11.1 Å². The van der Waals surface area contributed by atoms with Crippen molar-refractivity contribution < 1.29 is 9.90 Å². The number of hydrogen-bond acceptors (Lipinski definition) is 4. The Kier molecular flexibility index (Phi) is 3.38. The second-order valence-electron chi connectivity index (χ2n) is 3.41. The van der Waals surface area contributed by atoms with Crippen LogP contribution in [-0.2, 0) is 4.79 Å². The van der Waals surface area contributed by atoms with Crippen molar-refractivity contribution >= 4 is 28.6 Å². The number of aliphatic carboxylic acids is 1. The fraction of sp³-hybridized carbons (Fsp3) is 0.182. The molecule has 2 atom stereocenters. The summed E-state index contributed by atoms with van der Waals surface area (Å²) in [5, 5.41) is 14.9. The van der Waals surface area contributed by atoms with Crippen LogP contribution >= 0.6 is 22.7 Å². The molecule has 84 valence electrons. The van der Waals surface area contributed by atoms with Crippen molar-refractivity contribution in [3.8, 4) is 0 Å². The lowest BCUT2D eigenvalue weighted by Crippen LogP contribution is -2.25. The van der Waals surface area contributed by atoms with Crippen molar-refractivity contribution in [2.24, 2.45) is 5.73 Å². The van der Waals surface area contributed by atoms with E-state index in [9.17, 15) is 9.90 Å². The van der Waals surface area contributed by atoms with Gasteiger partial charge >= 0.3 is 5.97 Å². The summed E-state index contributed by atoms with van der Waals surface area (Å²) in [5.41, 5.74) is 6.79. The van der Waals surface area contributed by atoms with Gasteiger partial charge in [0.25, 0.3) is 0 Å². The van der Waals surface area contributed by atoms with Crippen LogP contribution in [0.25, 0.3) is 0 Å². The Morgan fingerprint density at radius 1 is 1.38 bits per heavy atom. The van der Waals surface area contributed by atoms with Gasteiger partial charge in [0.2, 0.25) is 0 Å². The number of carboxylic acid groups (broad SMARTS) is 1. The lowest BCUT2D eigenvalue weighted by Gasteiger charge is -2.17. The summed E-state index contributed by atoms with van der Waals surface area (Å²) >= 11 is 2.97. The SMILES string of the molecule is N[C@@H](c1cccs1)C(C(=O)O)c1ccsc1. The molecule has 2 aromatic heterocycles. The van der Waals surface area contributed by atoms with Crippen molar-refractivity contribution in [1.29, 1.82) is 0 Å². The molecule has 0 fully saturated rings. The third kappa shape index (κ3) is 2.16. The van der Waals surface area contributed by atoms with E-state index >= 15 is 0 Å². The fourth-order valence-electron chi connectivity index (χ4n) is 1.60. The monoisotopic (exact) mass is 253 g/mol. The normalized spacial score (nSPS) is 14.6. The van der Waals surface area contributed by atoms with E-state index in [1.165, 1.54) is 22.7 Å². The first-order valence-corrected chi connectivity index (χ1v) is 6.56. The van der Waals surface area contributed by atoms with E-state index in [2.05, 4.69) is 0 Å². The molecule has 5 heteroatoms.